The maximum Gasteiger partial charge on any atom is 0.161 e. The van der Waals surface area contributed by atoms with E-state index in [4.69, 9.17) is 9.47 Å². The summed E-state index contributed by atoms with van der Waals surface area (Å²) in [4.78, 5) is 7.79. The minimum atomic E-state index is 0. The number of ether oxygens (including phenoxy) is 2. The average molecular weight is 348 g/mol. The first kappa shape index (κ1) is 17.9. The van der Waals surface area contributed by atoms with E-state index in [1.807, 2.05) is 50.2 Å². The first-order chi connectivity index (χ1) is 11.2. The smallest absolute Gasteiger partial charge is 0.161 e. The maximum absolute atomic E-state index is 5.62. The van der Waals surface area contributed by atoms with Crippen LogP contribution in [0, 0.1) is 6.92 Å². The largest absolute Gasteiger partial charge is 0.493 e. The maximum atomic E-state index is 5.62. The Bertz CT molecular complexity index is 817. The van der Waals surface area contributed by atoms with Crippen molar-refractivity contribution in [2.75, 3.05) is 19.0 Å². The summed E-state index contributed by atoms with van der Waals surface area (Å²) in [7, 11) is 1.65. The van der Waals surface area contributed by atoms with E-state index < -0.39 is 0 Å². The number of methoxy groups -OCH3 is 1. The molecule has 0 bridgehead atoms. The molecule has 3 aromatic rings. The average Bonchev–Trinajstić information content (AvgIpc) is 2.94. The van der Waals surface area contributed by atoms with Gasteiger partial charge in [0.2, 0.25) is 0 Å². The van der Waals surface area contributed by atoms with Crippen molar-refractivity contribution >= 4 is 29.1 Å². The van der Waals surface area contributed by atoms with Crippen molar-refractivity contribution in [3.63, 3.8) is 0 Å². The molecular weight excluding hydrogens is 326 g/mol. The molecule has 6 heteroatoms. The molecule has 0 aliphatic carbocycles. The van der Waals surface area contributed by atoms with Gasteiger partial charge in [-0.3, -0.25) is 0 Å². The lowest BCUT2D eigenvalue weighted by Gasteiger charge is -2.12. The summed E-state index contributed by atoms with van der Waals surface area (Å²) in [6.45, 7) is 5.22. The molecule has 0 unspecified atom stereocenters. The van der Waals surface area contributed by atoms with Crippen molar-refractivity contribution in [1.82, 2.24) is 9.97 Å². The van der Waals surface area contributed by atoms with Crippen molar-refractivity contribution in [1.29, 1.82) is 0 Å². The van der Waals surface area contributed by atoms with Crippen molar-refractivity contribution in [2.24, 2.45) is 0 Å². The van der Waals surface area contributed by atoms with Gasteiger partial charge in [0.15, 0.2) is 11.5 Å². The Labute approximate surface area is 147 Å². The number of nitrogens with one attached hydrogen (secondary N) is 2. The molecular formula is C18H22ClN3O2. The highest BCUT2D eigenvalue weighted by atomic mass is 35.5. The topological polar surface area (TPSA) is 59.2 Å². The first-order valence-corrected chi connectivity index (χ1v) is 7.70. The zero-order valence-corrected chi connectivity index (χ0v) is 14.9. The lowest BCUT2D eigenvalue weighted by molar-refractivity contribution is 0.310. The molecule has 2 N–H and O–H groups in total. The van der Waals surface area contributed by atoms with E-state index in [0.29, 0.717) is 13.2 Å². The number of aryl methyl sites for hydroxylation is 1. The summed E-state index contributed by atoms with van der Waals surface area (Å²) in [6, 6.07) is 12.1. The van der Waals surface area contributed by atoms with Gasteiger partial charge in [0.05, 0.1) is 24.9 Å². The summed E-state index contributed by atoms with van der Waals surface area (Å²) in [6.07, 6.45) is 0. The quantitative estimate of drug-likeness (QED) is 0.697. The normalized spacial score (nSPS) is 10.3. The first-order valence-electron chi connectivity index (χ1n) is 7.70. The number of hydrogen-bond acceptors (Lipinski definition) is 4. The Hall–Kier alpha value is -2.40. The number of rotatable bonds is 6. The molecule has 0 amide bonds. The molecule has 128 valence electrons. The standard InChI is InChI=1S/C18H21N3O2.ClH/c1-4-23-17-10-13(8-9-16(17)22-3)11-19-14-6-5-7-15-18(14)21-12(2)20-15;/h5-10,19H,4,11H2,1-3H3,(H,20,21);1H. The molecule has 0 saturated carbocycles. The van der Waals surface area contributed by atoms with Gasteiger partial charge in [-0.25, -0.2) is 4.98 Å². The monoisotopic (exact) mass is 347 g/mol. The van der Waals surface area contributed by atoms with Gasteiger partial charge in [-0.2, -0.15) is 0 Å². The number of anilines is 1. The number of benzene rings is 2. The van der Waals surface area contributed by atoms with Gasteiger partial charge in [0.1, 0.15) is 11.3 Å². The molecule has 0 radical (unpaired) electrons. The minimum absolute atomic E-state index is 0. The zero-order valence-electron chi connectivity index (χ0n) is 14.1. The van der Waals surface area contributed by atoms with E-state index >= 15 is 0 Å². The molecule has 0 spiro atoms. The molecule has 1 heterocycles. The predicted octanol–water partition coefficient (Wildman–Crippen LogP) is 4.31. The van der Waals surface area contributed by atoms with Crippen LogP contribution in [-0.2, 0) is 6.54 Å². The molecule has 24 heavy (non-hydrogen) atoms. The van der Waals surface area contributed by atoms with Crippen molar-refractivity contribution < 1.29 is 9.47 Å². The Kier molecular flexibility index (Phi) is 5.93. The number of nitrogens with zero attached hydrogens (tertiary/aromatic N) is 1. The van der Waals surface area contributed by atoms with E-state index in [9.17, 15) is 0 Å². The van der Waals surface area contributed by atoms with Crippen LogP contribution in [0.1, 0.15) is 18.3 Å². The highest BCUT2D eigenvalue weighted by Gasteiger charge is 2.07. The van der Waals surface area contributed by atoms with Crippen LogP contribution in [0.15, 0.2) is 36.4 Å². The second-order valence-electron chi connectivity index (χ2n) is 5.30. The Balaban J connectivity index is 0.00000208. The zero-order chi connectivity index (χ0) is 16.2. The highest BCUT2D eigenvalue weighted by Crippen LogP contribution is 2.29. The summed E-state index contributed by atoms with van der Waals surface area (Å²) >= 11 is 0. The lowest BCUT2D eigenvalue weighted by Crippen LogP contribution is -2.02. The van der Waals surface area contributed by atoms with Crippen LogP contribution in [0.5, 0.6) is 11.5 Å². The molecule has 0 fully saturated rings. The van der Waals surface area contributed by atoms with Crippen LogP contribution >= 0.6 is 12.4 Å². The predicted molar refractivity (Wildman–Crippen MR) is 99.6 cm³/mol. The van der Waals surface area contributed by atoms with E-state index in [2.05, 4.69) is 15.3 Å². The number of H-pyrrole nitrogens is 1. The van der Waals surface area contributed by atoms with Crippen molar-refractivity contribution in [3.05, 3.63) is 47.8 Å². The Morgan fingerprint density at radius 2 is 2.00 bits per heavy atom. The molecule has 3 rings (SSSR count). The number of para-hydroxylation sites is 1. The third-order valence-electron chi connectivity index (χ3n) is 3.64. The summed E-state index contributed by atoms with van der Waals surface area (Å²) in [5, 5.41) is 3.45. The van der Waals surface area contributed by atoms with Crippen molar-refractivity contribution in [3.8, 4) is 11.5 Å². The number of hydrogen-bond donors (Lipinski definition) is 2. The minimum Gasteiger partial charge on any atom is -0.493 e. The van der Waals surface area contributed by atoms with E-state index in [1.165, 1.54) is 0 Å². The van der Waals surface area contributed by atoms with E-state index in [1.54, 1.807) is 7.11 Å². The number of aromatic nitrogens is 2. The Morgan fingerprint density at radius 1 is 1.17 bits per heavy atom. The number of halogens is 1. The second kappa shape index (κ2) is 7.93. The van der Waals surface area contributed by atoms with Gasteiger partial charge in [-0.15, -0.1) is 12.4 Å². The van der Waals surface area contributed by atoms with Gasteiger partial charge < -0.3 is 19.8 Å². The van der Waals surface area contributed by atoms with Crippen LogP contribution < -0.4 is 14.8 Å². The second-order valence-corrected chi connectivity index (χ2v) is 5.30. The fourth-order valence-corrected chi connectivity index (χ4v) is 2.59. The van der Waals surface area contributed by atoms with E-state index in [-0.39, 0.29) is 12.4 Å². The van der Waals surface area contributed by atoms with Crippen LogP contribution in [-0.4, -0.2) is 23.7 Å². The van der Waals surface area contributed by atoms with Gasteiger partial charge in [-0.1, -0.05) is 12.1 Å². The molecule has 1 aromatic heterocycles. The number of aromatic amines is 1. The highest BCUT2D eigenvalue weighted by molar-refractivity contribution is 5.88. The molecule has 0 atom stereocenters. The van der Waals surface area contributed by atoms with Crippen LogP contribution in [0.25, 0.3) is 11.0 Å². The summed E-state index contributed by atoms with van der Waals surface area (Å²) < 4.78 is 10.9. The number of fused-ring (bicyclic) bond motifs is 1. The molecule has 0 aliphatic rings. The summed E-state index contributed by atoms with van der Waals surface area (Å²) in [5.74, 6) is 2.43. The van der Waals surface area contributed by atoms with Gasteiger partial charge >= 0.3 is 0 Å². The van der Waals surface area contributed by atoms with E-state index in [0.717, 1.165) is 39.6 Å². The van der Waals surface area contributed by atoms with Gasteiger partial charge in [0.25, 0.3) is 0 Å². The lowest BCUT2D eigenvalue weighted by atomic mass is 10.2. The van der Waals surface area contributed by atoms with Gasteiger partial charge in [-0.05, 0) is 43.7 Å². The summed E-state index contributed by atoms with van der Waals surface area (Å²) in [5.41, 5.74) is 4.14. The van der Waals surface area contributed by atoms with Crippen LogP contribution in [0.3, 0.4) is 0 Å². The third-order valence-corrected chi connectivity index (χ3v) is 3.64. The third kappa shape index (κ3) is 3.74. The molecule has 5 nitrogen and oxygen atoms in total. The Morgan fingerprint density at radius 3 is 2.75 bits per heavy atom. The number of imidazole rings is 1. The molecule has 2 aromatic carbocycles. The van der Waals surface area contributed by atoms with Gasteiger partial charge in [0, 0.05) is 6.54 Å². The van der Waals surface area contributed by atoms with Crippen molar-refractivity contribution in [2.45, 2.75) is 20.4 Å². The van der Waals surface area contributed by atoms with Crippen LogP contribution in [0.4, 0.5) is 5.69 Å². The SMILES string of the molecule is CCOc1cc(CNc2cccc3[nH]c(C)nc23)ccc1OC.Cl. The fraction of sp³-hybridized carbons (Fsp3) is 0.278. The molecule has 0 saturated heterocycles. The fourth-order valence-electron chi connectivity index (χ4n) is 2.59. The molecule has 0 aliphatic heterocycles. The van der Waals surface area contributed by atoms with Crippen LogP contribution in [0.2, 0.25) is 0 Å².